The van der Waals surface area contributed by atoms with E-state index < -0.39 is 5.60 Å². The third kappa shape index (κ3) is 11.3. The number of benzene rings is 2. The Bertz CT molecular complexity index is 1700. The van der Waals surface area contributed by atoms with Crippen molar-refractivity contribution in [2.24, 2.45) is 0 Å². The van der Waals surface area contributed by atoms with Gasteiger partial charge in [0.15, 0.2) is 0 Å². The molecule has 0 unspecified atom stereocenters. The first kappa shape index (κ1) is 38.5. The highest BCUT2D eigenvalue weighted by molar-refractivity contribution is 9.11. The summed E-state index contributed by atoms with van der Waals surface area (Å²) in [5.41, 5.74) is 0.889. The summed E-state index contributed by atoms with van der Waals surface area (Å²) in [4.78, 5) is 46.1. The SMILES string of the molecule is CC(C)(C)OC(=O)N1CCN(c2ncnc3c(Br)cccc23)CC1.CC(C)(C)OC(=O)N1CCNCC1.Clc1ncnc2c(Br)cccc12. The number of carbonyl (C=O) groups is 2. The van der Waals surface area contributed by atoms with Crippen LogP contribution in [-0.2, 0) is 9.47 Å². The maximum atomic E-state index is 12.2. The molecule has 4 aromatic rings. The normalized spacial score (nSPS) is 15.2. The van der Waals surface area contributed by atoms with Gasteiger partial charge < -0.3 is 29.5 Å². The van der Waals surface area contributed by atoms with E-state index in [9.17, 15) is 9.59 Å². The molecule has 1 N–H and O–H groups in total. The predicted molar refractivity (Wildman–Crippen MR) is 200 cm³/mol. The molecule has 49 heavy (non-hydrogen) atoms. The van der Waals surface area contributed by atoms with Gasteiger partial charge in [0.1, 0.15) is 34.8 Å². The standard InChI is InChI=1S/C17H21BrN4O2.C9H18N2O2.C8H4BrClN2/c1-17(2,3)24-16(23)22-9-7-21(8-10-22)15-12-5-4-6-13(18)14(12)19-11-20-15;1-9(2,3)13-8(12)11-6-4-10-5-7-11;9-6-3-1-2-5-7(6)11-4-12-8(5)10/h4-6,11H,7-10H2,1-3H3;10H,4-7H2,1-3H3;1-4H. The quantitative estimate of drug-likeness (QED) is 0.195. The fourth-order valence-electron chi connectivity index (χ4n) is 4.91. The number of ether oxygens (including phenoxy) is 2. The lowest BCUT2D eigenvalue weighted by atomic mass is 10.2. The average Bonchev–Trinajstić information content (AvgIpc) is 3.05. The largest absolute Gasteiger partial charge is 0.444 e. The number of piperazine rings is 2. The molecule has 12 nitrogen and oxygen atoms in total. The van der Waals surface area contributed by atoms with Crippen molar-refractivity contribution in [3.8, 4) is 0 Å². The van der Waals surface area contributed by atoms with E-state index in [0.717, 1.165) is 75.8 Å². The van der Waals surface area contributed by atoms with Gasteiger partial charge in [-0.15, -0.1) is 0 Å². The molecule has 0 saturated carbocycles. The Morgan fingerprint density at radius 3 is 1.67 bits per heavy atom. The van der Waals surface area contributed by atoms with Crippen LogP contribution in [0.1, 0.15) is 41.5 Å². The number of hydrogen-bond acceptors (Lipinski definition) is 10. The number of nitrogens with zero attached hydrogens (tertiary/aromatic N) is 7. The lowest BCUT2D eigenvalue weighted by molar-refractivity contribution is 0.0223. The number of aromatic nitrogens is 4. The number of hydrogen-bond donors (Lipinski definition) is 1. The van der Waals surface area contributed by atoms with Crippen LogP contribution in [0.2, 0.25) is 5.15 Å². The number of anilines is 1. The number of amides is 2. The van der Waals surface area contributed by atoms with Crippen LogP contribution in [-0.4, -0.2) is 105 Å². The summed E-state index contributed by atoms with van der Waals surface area (Å²) in [6.07, 6.45) is 2.59. The maximum absolute atomic E-state index is 12.2. The van der Waals surface area contributed by atoms with Gasteiger partial charge in [0.2, 0.25) is 0 Å². The van der Waals surface area contributed by atoms with Gasteiger partial charge in [0, 0.05) is 72.1 Å². The van der Waals surface area contributed by atoms with Crippen LogP contribution in [0.3, 0.4) is 0 Å². The minimum Gasteiger partial charge on any atom is -0.444 e. The molecule has 15 heteroatoms. The van der Waals surface area contributed by atoms with Crippen molar-refractivity contribution in [2.75, 3.05) is 57.3 Å². The molecular formula is C34H43Br2ClN8O4. The van der Waals surface area contributed by atoms with E-state index in [1.807, 2.05) is 77.9 Å². The summed E-state index contributed by atoms with van der Waals surface area (Å²) >= 11 is 12.8. The zero-order chi connectivity index (χ0) is 35.8. The van der Waals surface area contributed by atoms with Crippen LogP contribution >= 0.6 is 43.5 Å². The number of halogens is 3. The van der Waals surface area contributed by atoms with E-state index in [-0.39, 0.29) is 17.8 Å². The zero-order valence-electron chi connectivity index (χ0n) is 28.7. The third-order valence-corrected chi connectivity index (χ3v) is 8.74. The first-order chi connectivity index (χ1) is 23.1. The van der Waals surface area contributed by atoms with Gasteiger partial charge in [-0.1, -0.05) is 23.7 Å². The molecule has 2 aromatic carbocycles. The van der Waals surface area contributed by atoms with Gasteiger partial charge in [-0.25, -0.2) is 29.5 Å². The number of para-hydroxylation sites is 2. The third-order valence-electron chi connectivity index (χ3n) is 7.16. The number of nitrogens with one attached hydrogen (secondary N) is 1. The summed E-state index contributed by atoms with van der Waals surface area (Å²) in [6.45, 7) is 17.2. The highest BCUT2D eigenvalue weighted by Crippen LogP contribution is 2.29. The van der Waals surface area contributed by atoms with E-state index >= 15 is 0 Å². The van der Waals surface area contributed by atoms with Crippen molar-refractivity contribution < 1.29 is 19.1 Å². The minimum atomic E-state index is -0.469. The Kier molecular flexibility index (Phi) is 13.4. The molecule has 2 amide bonds. The molecule has 2 aliphatic heterocycles. The summed E-state index contributed by atoms with van der Waals surface area (Å²) in [6, 6.07) is 11.7. The van der Waals surface area contributed by atoms with Crippen molar-refractivity contribution in [3.05, 3.63) is 63.2 Å². The molecule has 0 bridgehead atoms. The second-order valence-corrected chi connectivity index (χ2v) is 15.4. The lowest BCUT2D eigenvalue weighted by Crippen LogP contribution is -2.50. The fourth-order valence-corrected chi connectivity index (χ4v) is 6.04. The Labute approximate surface area is 309 Å². The molecule has 0 aliphatic carbocycles. The monoisotopic (exact) mass is 820 g/mol. The molecule has 4 heterocycles. The molecular weight excluding hydrogens is 780 g/mol. The topological polar surface area (TPSA) is 126 Å². The Hall–Kier alpha value is -3.33. The second-order valence-electron chi connectivity index (χ2n) is 13.3. The van der Waals surface area contributed by atoms with Crippen molar-refractivity contribution >= 4 is 83.3 Å². The molecule has 0 spiro atoms. The molecule has 0 radical (unpaired) electrons. The van der Waals surface area contributed by atoms with Gasteiger partial charge in [0.05, 0.1) is 11.0 Å². The van der Waals surface area contributed by atoms with E-state index in [1.54, 1.807) is 16.1 Å². The highest BCUT2D eigenvalue weighted by Gasteiger charge is 2.27. The van der Waals surface area contributed by atoms with Gasteiger partial charge in [-0.2, -0.15) is 0 Å². The van der Waals surface area contributed by atoms with Gasteiger partial charge in [-0.3, -0.25) is 0 Å². The van der Waals surface area contributed by atoms with Crippen LogP contribution in [0.15, 0.2) is 58.0 Å². The smallest absolute Gasteiger partial charge is 0.410 e. The van der Waals surface area contributed by atoms with Crippen molar-refractivity contribution in [1.82, 2.24) is 35.1 Å². The van der Waals surface area contributed by atoms with Gasteiger partial charge in [0.25, 0.3) is 0 Å². The summed E-state index contributed by atoms with van der Waals surface area (Å²) in [7, 11) is 0. The van der Waals surface area contributed by atoms with E-state index in [4.69, 9.17) is 21.1 Å². The molecule has 6 rings (SSSR count). The Morgan fingerprint density at radius 1 is 0.694 bits per heavy atom. The number of rotatable bonds is 1. The lowest BCUT2D eigenvalue weighted by Gasteiger charge is -2.36. The van der Waals surface area contributed by atoms with Crippen molar-refractivity contribution in [3.63, 3.8) is 0 Å². The number of carbonyl (C=O) groups excluding carboxylic acids is 2. The van der Waals surface area contributed by atoms with Crippen LogP contribution in [0, 0.1) is 0 Å². The van der Waals surface area contributed by atoms with Gasteiger partial charge in [-0.05, 0) is 97.7 Å². The average molecular weight is 823 g/mol. The first-order valence-electron chi connectivity index (χ1n) is 16.0. The summed E-state index contributed by atoms with van der Waals surface area (Å²) in [5, 5.41) is 5.55. The fraction of sp³-hybridized carbons (Fsp3) is 0.471. The van der Waals surface area contributed by atoms with Crippen LogP contribution in [0.25, 0.3) is 21.8 Å². The number of fused-ring (bicyclic) bond motifs is 2. The minimum absolute atomic E-state index is 0.200. The Balaban J connectivity index is 0.000000182. The van der Waals surface area contributed by atoms with Crippen LogP contribution in [0.5, 0.6) is 0 Å². The first-order valence-corrected chi connectivity index (χ1v) is 17.9. The molecule has 0 atom stereocenters. The van der Waals surface area contributed by atoms with E-state index in [2.05, 4.69) is 62.0 Å². The van der Waals surface area contributed by atoms with Crippen molar-refractivity contribution in [2.45, 2.75) is 52.7 Å². The molecule has 2 aromatic heterocycles. The highest BCUT2D eigenvalue weighted by atomic mass is 79.9. The second kappa shape index (κ2) is 17.1. The molecule has 264 valence electrons. The Morgan fingerprint density at radius 2 is 1.16 bits per heavy atom. The predicted octanol–water partition coefficient (Wildman–Crippen LogP) is 7.32. The van der Waals surface area contributed by atoms with Crippen LogP contribution < -0.4 is 10.2 Å². The van der Waals surface area contributed by atoms with Gasteiger partial charge >= 0.3 is 12.2 Å². The molecule has 2 fully saturated rings. The van der Waals surface area contributed by atoms with Crippen molar-refractivity contribution in [1.29, 1.82) is 0 Å². The molecule has 2 saturated heterocycles. The molecule has 2 aliphatic rings. The summed E-state index contributed by atoms with van der Waals surface area (Å²) in [5.74, 6) is 0.908. The maximum Gasteiger partial charge on any atom is 0.410 e. The van der Waals surface area contributed by atoms with Crippen LogP contribution in [0.4, 0.5) is 15.4 Å². The zero-order valence-corrected chi connectivity index (χ0v) is 32.6. The van der Waals surface area contributed by atoms with E-state index in [1.165, 1.54) is 6.33 Å². The summed E-state index contributed by atoms with van der Waals surface area (Å²) < 4.78 is 12.6. The van der Waals surface area contributed by atoms with E-state index in [0.29, 0.717) is 18.2 Å².